The van der Waals surface area contributed by atoms with E-state index in [1.54, 1.807) is 0 Å². The van der Waals surface area contributed by atoms with Crippen molar-refractivity contribution in [3.05, 3.63) is 10.6 Å². The zero-order valence-corrected chi connectivity index (χ0v) is 10.0. The van der Waals surface area contributed by atoms with Crippen LogP contribution in [0, 0.1) is 6.92 Å². The second-order valence-corrected chi connectivity index (χ2v) is 4.48. The van der Waals surface area contributed by atoms with Crippen LogP contribution in [0.15, 0.2) is 0 Å². The maximum atomic E-state index is 12.0. The molecule has 0 spiro atoms. The van der Waals surface area contributed by atoms with E-state index in [2.05, 4.69) is 4.98 Å². The van der Waals surface area contributed by atoms with E-state index >= 15 is 0 Å². The zero-order valence-electron chi connectivity index (χ0n) is 9.21. The average molecular weight is 268 g/mol. The summed E-state index contributed by atoms with van der Waals surface area (Å²) < 4.78 is 36.0. The molecule has 1 heterocycles. The molecule has 0 unspecified atom stereocenters. The van der Waals surface area contributed by atoms with Gasteiger partial charge in [-0.25, -0.2) is 9.78 Å². The molecule has 0 amide bonds. The van der Waals surface area contributed by atoms with Crippen molar-refractivity contribution in [3.63, 3.8) is 0 Å². The number of anilines is 1. The molecule has 0 radical (unpaired) electrons. The third-order valence-corrected chi connectivity index (χ3v) is 3.30. The fraction of sp³-hybridized carbons (Fsp3) is 0.556. The third kappa shape index (κ3) is 3.88. The molecular weight excluding hydrogens is 257 g/mol. The van der Waals surface area contributed by atoms with Crippen molar-refractivity contribution in [2.45, 2.75) is 19.5 Å². The van der Waals surface area contributed by atoms with Gasteiger partial charge in [0.15, 0.2) is 5.13 Å². The number of aromatic carboxylic acids is 1. The normalized spacial score (nSPS) is 11.6. The monoisotopic (exact) mass is 268 g/mol. The van der Waals surface area contributed by atoms with E-state index in [1.807, 2.05) is 0 Å². The minimum atomic E-state index is -4.23. The van der Waals surface area contributed by atoms with Crippen LogP contribution < -0.4 is 4.90 Å². The minimum Gasteiger partial charge on any atom is -0.477 e. The van der Waals surface area contributed by atoms with Crippen LogP contribution >= 0.6 is 11.3 Å². The Balaban J connectivity index is 2.73. The number of carboxylic acid groups (broad SMARTS) is 1. The van der Waals surface area contributed by atoms with Crippen LogP contribution in [0.1, 0.15) is 21.8 Å². The predicted octanol–water partition coefficient (Wildman–Crippen LogP) is 2.54. The minimum absolute atomic E-state index is 0.0545. The highest BCUT2D eigenvalue weighted by Gasteiger charge is 2.28. The van der Waals surface area contributed by atoms with E-state index in [0.717, 1.165) is 11.3 Å². The van der Waals surface area contributed by atoms with Gasteiger partial charge in [0.25, 0.3) is 0 Å². The number of hydrogen-bond acceptors (Lipinski definition) is 4. The van der Waals surface area contributed by atoms with Crippen LogP contribution in [0.3, 0.4) is 0 Å². The van der Waals surface area contributed by atoms with E-state index in [-0.39, 0.29) is 16.6 Å². The Hall–Kier alpha value is -1.31. The number of thiazole rings is 1. The maximum Gasteiger partial charge on any atom is 0.390 e. The summed E-state index contributed by atoms with van der Waals surface area (Å²) in [5.41, 5.74) is 0.316. The summed E-state index contributed by atoms with van der Waals surface area (Å²) in [4.78, 5) is 16.0. The molecule has 96 valence electrons. The highest BCUT2D eigenvalue weighted by molar-refractivity contribution is 7.17. The Morgan fingerprint density at radius 3 is 2.53 bits per heavy atom. The molecule has 0 aliphatic heterocycles. The summed E-state index contributed by atoms with van der Waals surface area (Å²) in [5.74, 6) is -1.12. The summed E-state index contributed by atoms with van der Waals surface area (Å²) in [6, 6.07) is 0. The molecule has 0 aliphatic rings. The molecule has 0 aliphatic carbocycles. The van der Waals surface area contributed by atoms with Crippen LogP contribution in [0.4, 0.5) is 18.3 Å². The molecular formula is C9H11F3N2O2S. The molecule has 4 nitrogen and oxygen atoms in total. The fourth-order valence-corrected chi connectivity index (χ4v) is 2.03. The Labute approximate surface area is 99.7 Å². The van der Waals surface area contributed by atoms with Gasteiger partial charge in [0, 0.05) is 13.6 Å². The molecule has 0 atom stereocenters. The first kappa shape index (κ1) is 13.8. The van der Waals surface area contributed by atoms with Crippen molar-refractivity contribution in [3.8, 4) is 0 Å². The van der Waals surface area contributed by atoms with Gasteiger partial charge >= 0.3 is 12.1 Å². The number of nitrogens with zero attached hydrogens (tertiary/aromatic N) is 2. The quantitative estimate of drug-likeness (QED) is 0.911. The molecule has 17 heavy (non-hydrogen) atoms. The van der Waals surface area contributed by atoms with Gasteiger partial charge in [-0.1, -0.05) is 11.3 Å². The standard InChI is InChI=1S/C9H11F3N2O2S/c1-5-6(7(15)16)17-8(13-5)14(2)4-3-9(10,11)12/h3-4H2,1-2H3,(H,15,16). The molecule has 0 saturated heterocycles. The van der Waals surface area contributed by atoms with Crippen molar-refractivity contribution in [1.29, 1.82) is 0 Å². The molecule has 1 N–H and O–H groups in total. The highest BCUT2D eigenvalue weighted by Crippen LogP contribution is 2.27. The Bertz CT molecular complexity index is 417. The largest absolute Gasteiger partial charge is 0.477 e. The smallest absolute Gasteiger partial charge is 0.390 e. The number of hydrogen-bond donors (Lipinski definition) is 1. The van der Waals surface area contributed by atoms with Gasteiger partial charge in [0.05, 0.1) is 12.1 Å². The topological polar surface area (TPSA) is 53.4 Å². The summed E-state index contributed by atoms with van der Waals surface area (Å²) in [6.07, 6.45) is -5.18. The van der Waals surface area contributed by atoms with Crippen molar-refractivity contribution in [2.24, 2.45) is 0 Å². The van der Waals surface area contributed by atoms with E-state index in [0.29, 0.717) is 5.69 Å². The second-order valence-electron chi connectivity index (χ2n) is 3.50. The van der Waals surface area contributed by atoms with Gasteiger partial charge in [-0.05, 0) is 6.92 Å². The van der Waals surface area contributed by atoms with Gasteiger partial charge in [0.2, 0.25) is 0 Å². The van der Waals surface area contributed by atoms with E-state index in [9.17, 15) is 18.0 Å². The first-order chi connectivity index (χ1) is 7.70. The fourth-order valence-electron chi connectivity index (χ4n) is 1.13. The Morgan fingerprint density at radius 1 is 1.53 bits per heavy atom. The first-order valence-electron chi connectivity index (χ1n) is 4.69. The highest BCUT2D eigenvalue weighted by atomic mass is 32.1. The number of alkyl halides is 3. The predicted molar refractivity (Wildman–Crippen MR) is 57.8 cm³/mol. The lowest BCUT2D eigenvalue weighted by atomic mass is 10.4. The van der Waals surface area contributed by atoms with Gasteiger partial charge in [-0.2, -0.15) is 13.2 Å². The van der Waals surface area contributed by atoms with Crippen LogP contribution in [0.5, 0.6) is 0 Å². The molecule has 0 aromatic carbocycles. The van der Waals surface area contributed by atoms with E-state index in [4.69, 9.17) is 5.11 Å². The number of carboxylic acids is 1. The molecule has 1 aromatic heterocycles. The molecule has 0 bridgehead atoms. The average Bonchev–Trinajstić information content (AvgIpc) is 2.55. The van der Waals surface area contributed by atoms with Crippen LogP contribution in [-0.4, -0.2) is 35.8 Å². The van der Waals surface area contributed by atoms with Gasteiger partial charge in [-0.15, -0.1) is 0 Å². The molecule has 1 aromatic rings. The maximum absolute atomic E-state index is 12.0. The van der Waals surface area contributed by atoms with Gasteiger partial charge < -0.3 is 10.0 Å². The van der Waals surface area contributed by atoms with Crippen molar-refractivity contribution in [2.75, 3.05) is 18.5 Å². The number of aromatic nitrogens is 1. The molecule has 0 saturated carbocycles. The lowest BCUT2D eigenvalue weighted by Gasteiger charge is -2.16. The van der Waals surface area contributed by atoms with Crippen molar-refractivity contribution < 1.29 is 23.1 Å². The molecule has 1 rings (SSSR count). The molecule has 0 fully saturated rings. The van der Waals surface area contributed by atoms with Gasteiger partial charge in [0.1, 0.15) is 4.88 Å². The first-order valence-corrected chi connectivity index (χ1v) is 5.51. The lowest BCUT2D eigenvalue weighted by molar-refractivity contribution is -0.132. The summed E-state index contributed by atoms with van der Waals surface area (Å²) in [5, 5.41) is 9.07. The van der Waals surface area contributed by atoms with E-state index in [1.165, 1.54) is 18.9 Å². The van der Waals surface area contributed by atoms with Crippen LogP contribution in [0.2, 0.25) is 0 Å². The number of halogens is 3. The zero-order chi connectivity index (χ0) is 13.2. The third-order valence-electron chi connectivity index (χ3n) is 2.04. The van der Waals surface area contributed by atoms with Crippen molar-refractivity contribution in [1.82, 2.24) is 4.98 Å². The molecule has 8 heteroatoms. The number of carbonyl (C=O) groups is 1. The number of rotatable bonds is 4. The number of aryl methyl sites for hydroxylation is 1. The lowest BCUT2D eigenvalue weighted by Crippen LogP contribution is -2.23. The van der Waals surface area contributed by atoms with Crippen LogP contribution in [-0.2, 0) is 0 Å². The van der Waals surface area contributed by atoms with E-state index < -0.39 is 18.6 Å². The second kappa shape index (κ2) is 4.91. The SMILES string of the molecule is Cc1nc(N(C)CCC(F)(F)F)sc1C(=O)O. The Kier molecular flexibility index (Phi) is 3.97. The van der Waals surface area contributed by atoms with Crippen LogP contribution in [0.25, 0.3) is 0 Å². The van der Waals surface area contributed by atoms with Gasteiger partial charge in [-0.3, -0.25) is 0 Å². The summed E-state index contributed by atoms with van der Waals surface area (Å²) in [7, 11) is 1.45. The summed E-state index contributed by atoms with van der Waals surface area (Å²) >= 11 is 0.874. The van der Waals surface area contributed by atoms with Crippen molar-refractivity contribution >= 4 is 22.4 Å². The Morgan fingerprint density at radius 2 is 2.12 bits per heavy atom. The summed E-state index contributed by atoms with van der Waals surface area (Å²) in [6.45, 7) is 1.27.